The van der Waals surface area contributed by atoms with Crippen molar-refractivity contribution >= 4 is 5.91 Å². The van der Waals surface area contributed by atoms with Crippen molar-refractivity contribution in [2.75, 3.05) is 6.54 Å². The third-order valence-corrected chi connectivity index (χ3v) is 3.83. The van der Waals surface area contributed by atoms with E-state index in [0.29, 0.717) is 12.1 Å². The summed E-state index contributed by atoms with van der Waals surface area (Å²) in [5.41, 5.74) is -0.563. The van der Waals surface area contributed by atoms with Gasteiger partial charge in [-0.2, -0.15) is 0 Å². The summed E-state index contributed by atoms with van der Waals surface area (Å²) in [6, 6.07) is 0.129. The number of amides is 1. The number of hydrogen-bond donors (Lipinski definition) is 1. The Hall–Kier alpha value is -2.11. The predicted molar refractivity (Wildman–Crippen MR) is 80.2 cm³/mol. The fourth-order valence-electron chi connectivity index (χ4n) is 2.53. The molecule has 1 unspecified atom stereocenters. The summed E-state index contributed by atoms with van der Waals surface area (Å²) in [6.07, 6.45) is 8.51. The van der Waals surface area contributed by atoms with Crippen LogP contribution in [0.1, 0.15) is 31.7 Å². The summed E-state index contributed by atoms with van der Waals surface area (Å²) in [5.74, 6) is -0.0785. The smallest absolute Gasteiger partial charge is 0.328 e. The van der Waals surface area contributed by atoms with Crippen LogP contribution in [0.15, 0.2) is 27.9 Å². The van der Waals surface area contributed by atoms with Gasteiger partial charge in [0.1, 0.15) is 0 Å². The molecule has 0 bridgehead atoms. The van der Waals surface area contributed by atoms with E-state index in [4.69, 9.17) is 0 Å². The van der Waals surface area contributed by atoms with E-state index >= 15 is 0 Å². The maximum Gasteiger partial charge on any atom is 0.328 e. The van der Waals surface area contributed by atoms with E-state index < -0.39 is 11.2 Å². The molecular weight excluding hydrogens is 270 g/mol. The molecule has 6 heteroatoms. The van der Waals surface area contributed by atoms with Crippen LogP contribution in [0, 0.1) is 0 Å². The van der Waals surface area contributed by atoms with Gasteiger partial charge >= 0.3 is 5.69 Å². The van der Waals surface area contributed by atoms with Gasteiger partial charge in [0.05, 0.1) is 12.5 Å². The second kappa shape index (κ2) is 6.56. The minimum atomic E-state index is -0.472. The van der Waals surface area contributed by atoms with Gasteiger partial charge in [-0.25, -0.2) is 4.79 Å². The van der Waals surface area contributed by atoms with Gasteiger partial charge in [0.25, 0.3) is 5.56 Å². The predicted octanol–water partition coefficient (Wildman–Crippen LogP) is 0.573. The van der Waals surface area contributed by atoms with Crippen LogP contribution >= 0.6 is 0 Å². The quantitative estimate of drug-likeness (QED) is 0.806. The number of aromatic nitrogens is 2. The van der Waals surface area contributed by atoms with Crippen molar-refractivity contribution < 1.29 is 4.79 Å². The van der Waals surface area contributed by atoms with Crippen molar-refractivity contribution in [3.05, 3.63) is 44.8 Å². The zero-order chi connectivity index (χ0) is 15.4. The molecule has 6 nitrogen and oxygen atoms in total. The molecule has 1 aliphatic rings. The van der Waals surface area contributed by atoms with E-state index in [2.05, 4.69) is 18.0 Å². The van der Waals surface area contributed by atoms with Gasteiger partial charge < -0.3 is 9.88 Å². The number of carbonyl (C=O) groups is 1. The topological polar surface area (TPSA) is 75.2 Å². The van der Waals surface area contributed by atoms with Crippen LogP contribution in [0.25, 0.3) is 0 Å². The van der Waals surface area contributed by atoms with Crippen molar-refractivity contribution in [3.8, 4) is 0 Å². The lowest BCUT2D eigenvalue weighted by Gasteiger charge is -2.24. The van der Waals surface area contributed by atoms with Crippen molar-refractivity contribution in [2.24, 2.45) is 7.05 Å². The molecule has 1 amide bonds. The highest BCUT2D eigenvalue weighted by atomic mass is 16.2. The Morgan fingerprint density at radius 1 is 1.43 bits per heavy atom. The highest BCUT2D eigenvalue weighted by Gasteiger charge is 2.24. The second-order valence-electron chi connectivity index (χ2n) is 5.34. The first-order valence-corrected chi connectivity index (χ1v) is 7.28. The summed E-state index contributed by atoms with van der Waals surface area (Å²) < 4.78 is 0.986. The summed E-state index contributed by atoms with van der Waals surface area (Å²) in [7, 11) is 1.40. The Balaban J connectivity index is 2.10. The average molecular weight is 291 g/mol. The summed E-state index contributed by atoms with van der Waals surface area (Å²) in [5, 5.41) is 0. The van der Waals surface area contributed by atoms with Gasteiger partial charge in [-0.1, -0.05) is 31.9 Å². The van der Waals surface area contributed by atoms with Crippen LogP contribution in [0.5, 0.6) is 0 Å². The fraction of sp³-hybridized carbons (Fsp3) is 0.533. The molecule has 0 saturated heterocycles. The molecule has 21 heavy (non-hydrogen) atoms. The van der Waals surface area contributed by atoms with Gasteiger partial charge in [0.15, 0.2) is 0 Å². The Bertz CT molecular complexity index is 657. The molecule has 1 N–H and O–H groups in total. The normalized spacial score (nSPS) is 17.4. The third-order valence-electron chi connectivity index (χ3n) is 3.83. The van der Waals surface area contributed by atoms with E-state index in [1.165, 1.54) is 13.2 Å². The minimum absolute atomic E-state index is 0.0216. The van der Waals surface area contributed by atoms with Crippen LogP contribution in [-0.4, -0.2) is 32.9 Å². The van der Waals surface area contributed by atoms with Gasteiger partial charge in [0.2, 0.25) is 5.91 Å². The molecule has 114 valence electrons. The van der Waals surface area contributed by atoms with E-state index in [9.17, 15) is 14.4 Å². The van der Waals surface area contributed by atoms with Crippen molar-refractivity contribution in [3.63, 3.8) is 0 Å². The first-order valence-electron chi connectivity index (χ1n) is 7.28. The van der Waals surface area contributed by atoms with Crippen LogP contribution in [-0.2, 0) is 18.3 Å². The largest absolute Gasteiger partial charge is 0.332 e. The molecule has 0 aromatic carbocycles. The summed E-state index contributed by atoms with van der Waals surface area (Å²) in [6.45, 7) is 2.71. The first-order chi connectivity index (χ1) is 10.0. The third kappa shape index (κ3) is 3.32. The number of hydrogen-bond acceptors (Lipinski definition) is 3. The number of nitrogens with one attached hydrogen (secondary N) is 1. The van der Waals surface area contributed by atoms with Crippen LogP contribution in [0.4, 0.5) is 0 Å². The van der Waals surface area contributed by atoms with E-state index in [-0.39, 0.29) is 18.4 Å². The highest BCUT2D eigenvalue weighted by Crippen LogP contribution is 2.17. The second-order valence-corrected chi connectivity index (χ2v) is 5.34. The summed E-state index contributed by atoms with van der Waals surface area (Å²) in [4.78, 5) is 39.9. The number of aromatic amines is 1. The van der Waals surface area contributed by atoms with Gasteiger partial charge in [-0.05, 0) is 6.42 Å². The lowest BCUT2D eigenvalue weighted by molar-refractivity contribution is -0.131. The van der Waals surface area contributed by atoms with Crippen LogP contribution in [0.3, 0.4) is 0 Å². The zero-order valence-corrected chi connectivity index (χ0v) is 12.5. The molecule has 0 aliphatic carbocycles. The van der Waals surface area contributed by atoms with Crippen molar-refractivity contribution in [1.82, 2.24) is 14.5 Å². The molecule has 0 radical (unpaired) electrons. The van der Waals surface area contributed by atoms with E-state index in [1.54, 1.807) is 4.90 Å². The fourth-order valence-corrected chi connectivity index (χ4v) is 2.53. The van der Waals surface area contributed by atoms with E-state index in [1.807, 2.05) is 6.08 Å². The lowest BCUT2D eigenvalue weighted by atomic mass is 10.1. The minimum Gasteiger partial charge on any atom is -0.332 e. The molecule has 2 rings (SSSR count). The molecule has 0 spiro atoms. The maximum atomic E-state index is 12.4. The molecule has 0 saturated carbocycles. The van der Waals surface area contributed by atoms with Crippen LogP contribution < -0.4 is 11.2 Å². The number of nitrogens with zero attached hydrogens (tertiary/aromatic N) is 2. The standard InChI is InChI=1S/C15H21N3O3/c1-3-4-6-12-7-5-8-18(12)13(19)9-11-10-16-15(21)17(2)14(11)20/h5,7,10,12H,3-4,6,8-9H2,1-2H3,(H,16,21). The number of unbranched alkanes of at least 4 members (excludes halogenated alkanes) is 1. The monoisotopic (exact) mass is 291 g/mol. The van der Waals surface area contributed by atoms with Gasteiger partial charge in [-0.3, -0.25) is 14.2 Å². The van der Waals surface area contributed by atoms with Crippen LogP contribution in [0.2, 0.25) is 0 Å². The van der Waals surface area contributed by atoms with Crippen molar-refractivity contribution in [2.45, 2.75) is 38.6 Å². The van der Waals surface area contributed by atoms with E-state index in [0.717, 1.165) is 23.8 Å². The number of carbonyl (C=O) groups excluding carboxylic acids is 1. The Morgan fingerprint density at radius 3 is 2.90 bits per heavy atom. The molecule has 0 fully saturated rings. The Labute approximate surface area is 123 Å². The number of H-pyrrole nitrogens is 1. The molecule has 1 aliphatic heterocycles. The maximum absolute atomic E-state index is 12.4. The molecular formula is C15H21N3O3. The average Bonchev–Trinajstić information content (AvgIpc) is 2.94. The Morgan fingerprint density at radius 2 is 2.19 bits per heavy atom. The molecule has 2 heterocycles. The molecule has 1 aromatic rings. The SMILES string of the molecule is CCCCC1C=CCN1C(=O)Cc1c[nH]c(=O)n(C)c1=O. The Kier molecular flexibility index (Phi) is 4.77. The van der Waals surface area contributed by atoms with Gasteiger partial charge in [0, 0.05) is 25.4 Å². The number of rotatable bonds is 5. The zero-order valence-electron chi connectivity index (χ0n) is 12.5. The van der Waals surface area contributed by atoms with Gasteiger partial charge in [-0.15, -0.1) is 0 Å². The van der Waals surface area contributed by atoms with Crippen molar-refractivity contribution in [1.29, 1.82) is 0 Å². The first kappa shape index (κ1) is 15.3. The lowest BCUT2D eigenvalue weighted by Crippen LogP contribution is -2.40. The molecule has 1 atom stereocenters. The highest BCUT2D eigenvalue weighted by molar-refractivity contribution is 5.79. The summed E-state index contributed by atoms with van der Waals surface area (Å²) >= 11 is 0. The molecule has 1 aromatic heterocycles.